The molecule has 0 aromatic rings. The zero-order valence-corrected chi connectivity index (χ0v) is 54.6. The van der Waals surface area contributed by atoms with E-state index in [0.29, 0.717) is 31.6 Å². The smallest absolute Gasteiger partial charge is 0.462 e. The maximum absolute atomic E-state index is 13.0. The molecule has 0 rings (SSSR count). The van der Waals surface area contributed by atoms with E-state index in [2.05, 4.69) is 41.5 Å². The average Bonchev–Trinajstić information content (AvgIpc) is 3.44. The highest BCUT2D eigenvalue weighted by Crippen LogP contribution is 2.45. The number of rotatable bonds is 62. The first-order valence-electron chi connectivity index (χ1n) is 33.0. The number of hydrogen-bond acceptors (Lipinski definition) is 15. The molecule has 0 aliphatic heterocycles. The molecule has 0 saturated carbocycles. The van der Waals surface area contributed by atoms with Gasteiger partial charge >= 0.3 is 39.5 Å². The number of carbonyl (C=O) groups excluding carboxylic acids is 4. The SMILES string of the molecule is CCCCCCCCCCCCCCCC(=O)OC[C@H](COP(=O)(O)OC[C@@H](O)COP(=O)(O)OC[C@@H](COC(=O)CCCCCCC)OC(=O)CCCCCCCCCC(C)C)OC(=O)CCCCCCCCCCCCC(C)CC. The summed E-state index contributed by atoms with van der Waals surface area (Å²) in [4.78, 5) is 71.9. The van der Waals surface area contributed by atoms with Crippen LogP contribution in [0.1, 0.15) is 311 Å². The molecular formula is C63H122O17P2. The normalized spacial score (nSPS) is 14.7. The number of unbranched alkanes of at least 4 members (excludes halogenated alkanes) is 31. The minimum absolute atomic E-state index is 0.102. The van der Waals surface area contributed by atoms with Gasteiger partial charge in [-0.1, -0.05) is 260 Å². The van der Waals surface area contributed by atoms with E-state index in [-0.39, 0.29) is 25.7 Å². The highest BCUT2D eigenvalue weighted by Gasteiger charge is 2.30. The molecule has 486 valence electrons. The summed E-state index contributed by atoms with van der Waals surface area (Å²) in [6.07, 6.45) is 37.9. The molecule has 3 N–H and O–H groups in total. The van der Waals surface area contributed by atoms with Crippen LogP contribution in [0.15, 0.2) is 0 Å². The molecule has 6 atom stereocenters. The molecule has 0 saturated heterocycles. The maximum atomic E-state index is 13.0. The van der Waals surface area contributed by atoms with E-state index in [4.69, 9.17) is 37.0 Å². The Kier molecular flexibility index (Phi) is 54.3. The van der Waals surface area contributed by atoms with Crippen molar-refractivity contribution in [2.45, 2.75) is 330 Å². The van der Waals surface area contributed by atoms with Crippen molar-refractivity contribution in [3.8, 4) is 0 Å². The minimum Gasteiger partial charge on any atom is -0.462 e. The monoisotopic (exact) mass is 1210 g/mol. The summed E-state index contributed by atoms with van der Waals surface area (Å²) in [5.74, 6) is -0.647. The lowest BCUT2D eigenvalue weighted by Crippen LogP contribution is -2.30. The van der Waals surface area contributed by atoms with Gasteiger partial charge < -0.3 is 33.8 Å². The third-order valence-electron chi connectivity index (χ3n) is 14.8. The second-order valence-electron chi connectivity index (χ2n) is 23.5. The lowest BCUT2D eigenvalue weighted by atomic mass is 9.99. The standard InChI is InChI=1S/C63H122O17P2/c1-7-10-12-14-15-16-17-18-19-23-28-34-40-46-61(66)74-52-59(80-62(67)47-41-35-29-24-21-20-22-27-33-38-44-56(6)9-3)54-78-82(71,72)76-50-57(64)49-75-81(69,70)77-53-58(51-73-60(65)45-39-31-13-11-8-2)79-63(68)48-42-36-30-25-26-32-37-43-55(4)5/h55-59,64H,7-54H2,1-6H3,(H,69,70)(H,71,72)/t56?,57-,58+,59+/m0/s1. The van der Waals surface area contributed by atoms with Crippen LogP contribution < -0.4 is 0 Å². The Bertz CT molecular complexity index is 1620. The van der Waals surface area contributed by atoms with Crippen LogP contribution in [-0.2, 0) is 65.4 Å². The number of aliphatic hydroxyl groups is 1. The zero-order chi connectivity index (χ0) is 60.8. The predicted molar refractivity (Wildman–Crippen MR) is 326 cm³/mol. The van der Waals surface area contributed by atoms with Gasteiger partial charge in [0.15, 0.2) is 12.2 Å². The van der Waals surface area contributed by atoms with Gasteiger partial charge in [-0.25, -0.2) is 9.13 Å². The Morgan fingerprint density at radius 2 is 0.622 bits per heavy atom. The van der Waals surface area contributed by atoms with Crippen molar-refractivity contribution in [1.29, 1.82) is 0 Å². The molecular weight excluding hydrogens is 1090 g/mol. The van der Waals surface area contributed by atoms with Gasteiger partial charge in [-0.05, 0) is 37.5 Å². The highest BCUT2D eigenvalue weighted by atomic mass is 31.2. The molecule has 17 nitrogen and oxygen atoms in total. The quantitative estimate of drug-likeness (QED) is 0.0222. The van der Waals surface area contributed by atoms with E-state index in [9.17, 15) is 43.2 Å². The van der Waals surface area contributed by atoms with E-state index >= 15 is 0 Å². The number of phosphoric acid groups is 2. The lowest BCUT2D eigenvalue weighted by Gasteiger charge is -2.21. The Labute approximate surface area is 498 Å². The van der Waals surface area contributed by atoms with Crippen LogP contribution in [0.5, 0.6) is 0 Å². The fourth-order valence-electron chi connectivity index (χ4n) is 9.32. The number of esters is 4. The van der Waals surface area contributed by atoms with Crippen molar-refractivity contribution in [3.63, 3.8) is 0 Å². The summed E-state index contributed by atoms with van der Waals surface area (Å²) in [5.41, 5.74) is 0. The van der Waals surface area contributed by atoms with Gasteiger partial charge in [0.1, 0.15) is 19.3 Å². The molecule has 0 aliphatic rings. The van der Waals surface area contributed by atoms with Crippen LogP contribution >= 0.6 is 15.6 Å². The van der Waals surface area contributed by atoms with Crippen LogP contribution in [0.25, 0.3) is 0 Å². The lowest BCUT2D eigenvalue weighted by molar-refractivity contribution is -0.161. The van der Waals surface area contributed by atoms with E-state index in [1.807, 2.05) is 0 Å². The van der Waals surface area contributed by atoms with Gasteiger partial charge in [0.05, 0.1) is 26.4 Å². The van der Waals surface area contributed by atoms with Gasteiger partial charge in [0.25, 0.3) is 0 Å². The summed E-state index contributed by atoms with van der Waals surface area (Å²) < 4.78 is 67.8. The molecule has 0 aromatic carbocycles. The van der Waals surface area contributed by atoms with E-state index in [0.717, 1.165) is 102 Å². The molecule has 0 aromatic heterocycles. The predicted octanol–water partition coefficient (Wildman–Crippen LogP) is 17.3. The molecule has 0 heterocycles. The van der Waals surface area contributed by atoms with Crippen LogP contribution in [0.4, 0.5) is 0 Å². The van der Waals surface area contributed by atoms with Crippen molar-refractivity contribution < 1.29 is 80.2 Å². The Balaban J connectivity index is 5.19. The van der Waals surface area contributed by atoms with Gasteiger partial charge in [0, 0.05) is 25.7 Å². The first kappa shape index (κ1) is 80.1. The Morgan fingerprint density at radius 3 is 0.927 bits per heavy atom. The summed E-state index contributed by atoms with van der Waals surface area (Å²) in [6, 6.07) is 0. The molecule has 19 heteroatoms. The maximum Gasteiger partial charge on any atom is 0.472 e. The fraction of sp³-hybridized carbons (Fsp3) is 0.937. The third kappa shape index (κ3) is 55.9. The van der Waals surface area contributed by atoms with Crippen LogP contribution in [0.3, 0.4) is 0 Å². The molecule has 0 spiro atoms. The second-order valence-corrected chi connectivity index (χ2v) is 26.4. The molecule has 0 radical (unpaired) electrons. The number of aliphatic hydroxyl groups excluding tert-OH is 1. The summed E-state index contributed by atoms with van der Waals surface area (Å²) in [7, 11) is -9.88. The molecule has 82 heavy (non-hydrogen) atoms. The summed E-state index contributed by atoms with van der Waals surface area (Å²) in [5, 5.41) is 10.5. The Hall–Kier alpha value is -1.94. The number of carbonyl (C=O) groups is 4. The van der Waals surface area contributed by atoms with Crippen molar-refractivity contribution in [1.82, 2.24) is 0 Å². The van der Waals surface area contributed by atoms with E-state index < -0.39 is 97.5 Å². The highest BCUT2D eigenvalue weighted by molar-refractivity contribution is 7.47. The molecule has 0 fully saturated rings. The summed E-state index contributed by atoms with van der Waals surface area (Å²) in [6.45, 7) is 9.36. The van der Waals surface area contributed by atoms with Gasteiger partial charge in [-0.2, -0.15) is 0 Å². The van der Waals surface area contributed by atoms with E-state index in [1.54, 1.807) is 0 Å². The number of phosphoric ester groups is 2. The average molecular weight is 1210 g/mol. The topological polar surface area (TPSA) is 237 Å². The first-order valence-corrected chi connectivity index (χ1v) is 36.0. The van der Waals surface area contributed by atoms with Crippen molar-refractivity contribution in [2.24, 2.45) is 11.8 Å². The Morgan fingerprint density at radius 1 is 0.354 bits per heavy atom. The van der Waals surface area contributed by atoms with Gasteiger partial charge in [0.2, 0.25) is 0 Å². The molecule has 0 aliphatic carbocycles. The van der Waals surface area contributed by atoms with Crippen LogP contribution in [0.2, 0.25) is 0 Å². The molecule has 0 bridgehead atoms. The zero-order valence-electron chi connectivity index (χ0n) is 52.8. The third-order valence-corrected chi connectivity index (χ3v) is 16.7. The fourth-order valence-corrected chi connectivity index (χ4v) is 10.9. The van der Waals surface area contributed by atoms with Crippen LogP contribution in [-0.4, -0.2) is 96.7 Å². The summed E-state index contributed by atoms with van der Waals surface area (Å²) >= 11 is 0. The second kappa shape index (κ2) is 55.6. The largest absolute Gasteiger partial charge is 0.472 e. The number of hydrogen-bond donors (Lipinski definition) is 3. The van der Waals surface area contributed by atoms with Crippen molar-refractivity contribution in [3.05, 3.63) is 0 Å². The van der Waals surface area contributed by atoms with Crippen molar-refractivity contribution >= 4 is 39.5 Å². The van der Waals surface area contributed by atoms with Crippen LogP contribution in [0, 0.1) is 11.8 Å². The minimum atomic E-state index is -4.94. The molecule has 3 unspecified atom stereocenters. The van der Waals surface area contributed by atoms with E-state index in [1.165, 1.54) is 122 Å². The first-order chi connectivity index (χ1) is 39.4. The number of ether oxygens (including phenoxy) is 4. The van der Waals surface area contributed by atoms with Crippen molar-refractivity contribution in [2.75, 3.05) is 39.6 Å². The molecule has 0 amide bonds. The van der Waals surface area contributed by atoms with Gasteiger partial charge in [-0.15, -0.1) is 0 Å². The van der Waals surface area contributed by atoms with Gasteiger partial charge in [-0.3, -0.25) is 37.3 Å².